The Morgan fingerprint density at radius 2 is 1.97 bits per heavy atom. The van der Waals surface area contributed by atoms with Crippen LogP contribution in [-0.4, -0.2) is 62.1 Å². The molecule has 1 atom stereocenters. The van der Waals surface area contributed by atoms with Gasteiger partial charge in [0, 0.05) is 37.9 Å². The molecule has 0 radical (unpaired) electrons. The fraction of sp³-hybridized carbons (Fsp3) is 0.565. The van der Waals surface area contributed by atoms with Gasteiger partial charge in [-0.2, -0.15) is 0 Å². The second kappa shape index (κ2) is 10.8. The van der Waals surface area contributed by atoms with Crippen LogP contribution in [0.25, 0.3) is 10.9 Å². The highest BCUT2D eigenvalue weighted by molar-refractivity contribution is 5.80. The van der Waals surface area contributed by atoms with E-state index in [1.54, 1.807) is 11.8 Å². The molecular formula is C23H34N6O3. The Bertz CT molecular complexity index is 1090. The fourth-order valence-electron chi connectivity index (χ4n) is 4.09. The van der Waals surface area contributed by atoms with Gasteiger partial charge in [-0.15, -0.1) is 5.10 Å². The van der Waals surface area contributed by atoms with Gasteiger partial charge in [-0.05, 0) is 71.3 Å². The van der Waals surface area contributed by atoms with Crippen molar-refractivity contribution < 1.29 is 9.84 Å². The largest absolute Gasteiger partial charge is 0.396 e. The Kier molecular flexibility index (Phi) is 8.11. The number of ether oxygens (including phenoxy) is 1. The Hall–Kier alpha value is -2.62. The Morgan fingerprint density at radius 3 is 2.66 bits per heavy atom. The van der Waals surface area contributed by atoms with E-state index < -0.39 is 0 Å². The van der Waals surface area contributed by atoms with E-state index >= 15 is 0 Å². The summed E-state index contributed by atoms with van der Waals surface area (Å²) in [5, 5.41) is 22.8. The summed E-state index contributed by atoms with van der Waals surface area (Å²) in [4.78, 5) is 18.2. The monoisotopic (exact) mass is 442 g/mol. The van der Waals surface area contributed by atoms with Crippen molar-refractivity contribution in [1.82, 2.24) is 30.1 Å². The van der Waals surface area contributed by atoms with E-state index in [0.717, 1.165) is 22.3 Å². The van der Waals surface area contributed by atoms with Crippen molar-refractivity contribution in [1.29, 1.82) is 0 Å². The summed E-state index contributed by atoms with van der Waals surface area (Å²) < 4.78 is 6.96. The lowest BCUT2D eigenvalue weighted by Gasteiger charge is -2.33. The van der Waals surface area contributed by atoms with Crippen LogP contribution in [0.2, 0.25) is 0 Å². The molecule has 0 spiro atoms. The average molecular weight is 443 g/mol. The van der Waals surface area contributed by atoms with Gasteiger partial charge in [-0.3, -0.25) is 9.69 Å². The predicted octanol–water partition coefficient (Wildman–Crippen LogP) is 2.36. The van der Waals surface area contributed by atoms with Crippen LogP contribution >= 0.6 is 0 Å². The molecular weight excluding hydrogens is 408 g/mol. The smallest absolute Gasteiger partial charge is 0.252 e. The van der Waals surface area contributed by atoms with Crippen LogP contribution in [0.5, 0.6) is 0 Å². The summed E-state index contributed by atoms with van der Waals surface area (Å²) in [7, 11) is 1.65. The average Bonchev–Trinajstić information content (AvgIpc) is 3.20. The van der Waals surface area contributed by atoms with Crippen LogP contribution in [-0.2, 0) is 17.8 Å². The van der Waals surface area contributed by atoms with Crippen LogP contribution in [0.1, 0.15) is 48.8 Å². The molecule has 0 saturated heterocycles. The number of aliphatic hydroxyl groups excluding tert-OH is 1. The molecule has 0 saturated carbocycles. The highest BCUT2D eigenvalue weighted by Gasteiger charge is 2.29. The van der Waals surface area contributed by atoms with Crippen molar-refractivity contribution in [2.24, 2.45) is 5.92 Å². The van der Waals surface area contributed by atoms with E-state index in [4.69, 9.17) is 4.74 Å². The first kappa shape index (κ1) is 24.0. The number of aliphatic hydroxyl groups is 1. The minimum atomic E-state index is -0.122. The van der Waals surface area contributed by atoms with E-state index in [1.807, 2.05) is 19.1 Å². The molecule has 0 fully saturated rings. The third-order valence-corrected chi connectivity index (χ3v) is 5.87. The number of aryl methyl sites for hydroxylation is 2. The topological polar surface area (TPSA) is 109 Å². The summed E-state index contributed by atoms with van der Waals surface area (Å²) in [6, 6.07) is 5.97. The number of pyridine rings is 1. The molecule has 0 aliphatic heterocycles. The third-order valence-electron chi connectivity index (χ3n) is 5.87. The molecule has 1 unspecified atom stereocenters. The number of H-pyrrole nitrogens is 1. The van der Waals surface area contributed by atoms with Gasteiger partial charge in [-0.25, -0.2) is 4.68 Å². The quantitative estimate of drug-likeness (QED) is 0.469. The maximum absolute atomic E-state index is 12.9. The Labute approximate surface area is 188 Å². The molecule has 32 heavy (non-hydrogen) atoms. The zero-order valence-corrected chi connectivity index (χ0v) is 19.6. The number of benzene rings is 1. The van der Waals surface area contributed by atoms with Gasteiger partial charge in [0.2, 0.25) is 0 Å². The maximum Gasteiger partial charge on any atom is 0.252 e. The van der Waals surface area contributed by atoms with Crippen molar-refractivity contribution in [3.8, 4) is 0 Å². The highest BCUT2D eigenvalue weighted by Crippen LogP contribution is 2.29. The van der Waals surface area contributed by atoms with Crippen molar-refractivity contribution in [2.45, 2.75) is 53.2 Å². The van der Waals surface area contributed by atoms with Crippen LogP contribution in [0.15, 0.2) is 23.0 Å². The van der Waals surface area contributed by atoms with E-state index in [0.29, 0.717) is 38.2 Å². The van der Waals surface area contributed by atoms with E-state index in [1.165, 1.54) is 5.56 Å². The lowest BCUT2D eigenvalue weighted by atomic mass is 9.99. The molecule has 9 nitrogen and oxygen atoms in total. The van der Waals surface area contributed by atoms with Crippen molar-refractivity contribution in [3.63, 3.8) is 0 Å². The van der Waals surface area contributed by atoms with Gasteiger partial charge in [0.1, 0.15) is 0 Å². The number of nitrogens with one attached hydrogen (secondary N) is 1. The van der Waals surface area contributed by atoms with Gasteiger partial charge in [0.05, 0.1) is 19.2 Å². The molecule has 0 bridgehead atoms. The second-order valence-electron chi connectivity index (χ2n) is 8.64. The van der Waals surface area contributed by atoms with Crippen LogP contribution < -0.4 is 5.56 Å². The molecule has 3 rings (SSSR count). The number of aromatic nitrogens is 5. The Balaban J connectivity index is 2.00. The van der Waals surface area contributed by atoms with Crippen molar-refractivity contribution in [2.75, 3.05) is 26.9 Å². The standard InChI is InChI=1S/C23H34N6O3/c1-15(2)21(22-25-26-27-29(22)8-10-32-5)28(7-6-9-30)14-19-13-18-11-16(3)17(4)12-20(18)24-23(19)31/h11-13,15,21,30H,6-10,14H2,1-5H3,(H,24,31). The minimum absolute atomic E-state index is 0.0719. The summed E-state index contributed by atoms with van der Waals surface area (Å²) >= 11 is 0. The summed E-state index contributed by atoms with van der Waals surface area (Å²) in [6.45, 7) is 10.5. The molecule has 3 aromatic rings. The van der Waals surface area contributed by atoms with Crippen molar-refractivity contribution >= 4 is 10.9 Å². The molecule has 2 aromatic heterocycles. The zero-order chi connectivity index (χ0) is 23.3. The summed E-state index contributed by atoms with van der Waals surface area (Å²) in [5.74, 6) is 0.920. The van der Waals surface area contributed by atoms with Gasteiger partial charge < -0.3 is 14.8 Å². The number of methoxy groups -OCH3 is 1. The summed E-state index contributed by atoms with van der Waals surface area (Å²) in [5.41, 5.74) is 3.75. The normalized spacial score (nSPS) is 12.9. The molecule has 9 heteroatoms. The lowest BCUT2D eigenvalue weighted by Crippen LogP contribution is -2.36. The lowest BCUT2D eigenvalue weighted by molar-refractivity contribution is 0.118. The number of hydrogen-bond donors (Lipinski definition) is 2. The van der Waals surface area contributed by atoms with E-state index in [-0.39, 0.29) is 24.1 Å². The van der Waals surface area contributed by atoms with Gasteiger partial charge >= 0.3 is 0 Å². The van der Waals surface area contributed by atoms with Crippen LogP contribution in [0.4, 0.5) is 0 Å². The number of hydrogen-bond acceptors (Lipinski definition) is 7. The number of tetrazole rings is 1. The Morgan fingerprint density at radius 1 is 1.22 bits per heavy atom. The molecule has 1 aromatic carbocycles. The SMILES string of the molecule is COCCn1nnnc1C(C(C)C)N(CCCO)Cc1cc2cc(C)c(C)cc2[nH]c1=O. The molecule has 0 amide bonds. The van der Waals surface area contributed by atoms with Gasteiger partial charge in [-0.1, -0.05) is 13.8 Å². The fourth-order valence-corrected chi connectivity index (χ4v) is 4.09. The van der Waals surface area contributed by atoms with Crippen molar-refractivity contribution in [3.05, 3.63) is 51.1 Å². The summed E-state index contributed by atoms with van der Waals surface area (Å²) in [6.07, 6.45) is 0.590. The van der Waals surface area contributed by atoms with Gasteiger partial charge in [0.15, 0.2) is 5.82 Å². The van der Waals surface area contributed by atoms with Gasteiger partial charge in [0.25, 0.3) is 5.56 Å². The third kappa shape index (κ3) is 5.40. The minimum Gasteiger partial charge on any atom is -0.396 e. The number of fused-ring (bicyclic) bond motifs is 1. The van der Waals surface area contributed by atoms with Crippen LogP contribution in [0, 0.1) is 19.8 Å². The number of nitrogens with zero attached hydrogens (tertiary/aromatic N) is 5. The first-order valence-electron chi connectivity index (χ1n) is 11.1. The number of aromatic amines is 1. The van der Waals surface area contributed by atoms with Crippen LogP contribution in [0.3, 0.4) is 0 Å². The molecule has 2 heterocycles. The molecule has 0 aliphatic carbocycles. The number of rotatable bonds is 11. The molecule has 0 aliphatic rings. The van der Waals surface area contributed by atoms with E-state index in [2.05, 4.69) is 52.2 Å². The van der Waals surface area contributed by atoms with E-state index in [9.17, 15) is 9.90 Å². The first-order chi connectivity index (χ1) is 15.3. The molecule has 174 valence electrons. The maximum atomic E-state index is 12.9. The first-order valence-corrected chi connectivity index (χ1v) is 11.1. The second-order valence-corrected chi connectivity index (χ2v) is 8.64. The highest BCUT2D eigenvalue weighted by atomic mass is 16.5. The molecule has 2 N–H and O–H groups in total. The zero-order valence-electron chi connectivity index (χ0n) is 19.6. The predicted molar refractivity (Wildman–Crippen MR) is 123 cm³/mol.